The average Bonchev–Trinajstić information content (AvgIpc) is 3.16. The van der Waals surface area contributed by atoms with Crippen LogP contribution in [0.15, 0.2) is 41.3 Å². The number of anilines is 1. The first-order chi connectivity index (χ1) is 14.3. The van der Waals surface area contributed by atoms with Gasteiger partial charge in [0.15, 0.2) is 6.10 Å². The van der Waals surface area contributed by atoms with Gasteiger partial charge in [-0.25, -0.2) is 12.7 Å². The molecule has 1 amide bonds. The Morgan fingerprint density at radius 1 is 1.07 bits per heavy atom. The molecular weight excluding hydrogens is 400 g/mol. The van der Waals surface area contributed by atoms with Crippen molar-refractivity contribution in [1.29, 1.82) is 0 Å². The Kier molecular flexibility index (Phi) is 5.59. The van der Waals surface area contributed by atoms with Crippen molar-refractivity contribution in [3.05, 3.63) is 53.1 Å². The summed E-state index contributed by atoms with van der Waals surface area (Å²) in [5.74, 6) is 0.699. The molecule has 0 saturated heterocycles. The first-order valence-electron chi connectivity index (χ1n) is 10.4. The lowest BCUT2D eigenvalue weighted by molar-refractivity contribution is -0.124. The van der Waals surface area contributed by atoms with Gasteiger partial charge in [-0.05, 0) is 80.0 Å². The lowest BCUT2D eigenvalue weighted by Crippen LogP contribution is -2.39. The summed E-state index contributed by atoms with van der Waals surface area (Å²) >= 11 is 0. The molecule has 0 saturated carbocycles. The summed E-state index contributed by atoms with van der Waals surface area (Å²) in [6.45, 7) is 2.31. The number of fused-ring (bicyclic) bond motifs is 2. The van der Waals surface area contributed by atoms with E-state index in [2.05, 4.69) is 6.07 Å². The lowest BCUT2D eigenvalue weighted by atomic mass is 9.91. The minimum absolute atomic E-state index is 0.106. The van der Waals surface area contributed by atoms with Crippen LogP contribution >= 0.6 is 0 Å². The van der Waals surface area contributed by atoms with Crippen LogP contribution in [0.2, 0.25) is 0 Å². The smallest absolute Gasteiger partial charge is 0.267 e. The molecule has 1 heterocycles. The average molecular weight is 429 g/mol. The molecule has 1 atom stereocenters. The number of hydrogen-bond donors (Lipinski definition) is 0. The van der Waals surface area contributed by atoms with Crippen molar-refractivity contribution in [2.45, 2.75) is 50.0 Å². The van der Waals surface area contributed by atoms with Crippen LogP contribution in [0.1, 0.15) is 36.5 Å². The molecule has 0 fully saturated rings. The number of carbonyl (C=O) groups is 1. The van der Waals surface area contributed by atoms with Crippen LogP contribution in [-0.2, 0) is 34.1 Å². The Balaban J connectivity index is 1.53. The van der Waals surface area contributed by atoms with Gasteiger partial charge in [0.2, 0.25) is 10.0 Å². The zero-order chi connectivity index (χ0) is 21.5. The zero-order valence-corrected chi connectivity index (χ0v) is 18.5. The van der Waals surface area contributed by atoms with Gasteiger partial charge in [0.25, 0.3) is 5.91 Å². The van der Waals surface area contributed by atoms with Crippen LogP contribution in [-0.4, -0.2) is 45.4 Å². The molecule has 0 aromatic heterocycles. The number of amides is 1. The first kappa shape index (κ1) is 20.9. The Hall–Kier alpha value is -2.38. The van der Waals surface area contributed by atoms with Gasteiger partial charge in [0, 0.05) is 26.3 Å². The number of rotatable bonds is 5. The van der Waals surface area contributed by atoms with Crippen LogP contribution in [0.25, 0.3) is 0 Å². The van der Waals surface area contributed by atoms with E-state index < -0.39 is 16.1 Å². The molecule has 0 N–H and O–H groups in total. The van der Waals surface area contributed by atoms with Crippen molar-refractivity contribution in [3.8, 4) is 5.75 Å². The molecule has 2 aliphatic rings. The molecule has 1 aliphatic heterocycles. The van der Waals surface area contributed by atoms with Gasteiger partial charge in [0.1, 0.15) is 5.75 Å². The SMILES string of the molecule is C[C@@H](Oc1cccc2c1CCCC2)C(=O)N1CCc2cc(S(=O)(=O)N(C)C)ccc21. The minimum Gasteiger partial charge on any atom is -0.481 e. The molecule has 30 heavy (non-hydrogen) atoms. The topological polar surface area (TPSA) is 66.9 Å². The first-order valence-corrected chi connectivity index (χ1v) is 11.9. The van der Waals surface area contributed by atoms with Crippen LogP contribution in [0.3, 0.4) is 0 Å². The van der Waals surface area contributed by atoms with Gasteiger partial charge in [0.05, 0.1) is 4.90 Å². The van der Waals surface area contributed by atoms with Crippen LogP contribution in [0.4, 0.5) is 5.69 Å². The molecule has 0 spiro atoms. The third kappa shape index (κ3) is 3.72. The zero-order valence-electron chi connectivity index (χ0n) is 17.7. The third-order valence-electron chi connectivity index (χ3n) is 6.00. The van der Waals surface area contributed by atoms with E-state index in [1.807, 2.05) is 12.1 Å². The molecule has 6 nitrogen and oxygen atoms in total. The second-order valence-corrected chi connectivity index (χ2v) is 10.3. The molecule has 4 rings (SSSR count). The largest absolute Gasteiger partial charge is 0.481 e. The third-order valence-corrected chi connectivity index (χ3v) is 7.81. The summed E-state index contributed by atoms with van der Waals surface area (Å²) in [4.78, 5) is 15.1. The van der Waals surface area contributed by atoms with E-state index in [0.717, 1.165) is 36.3 Å². The highest BCUT2D eigenvalue weighted by Gasteiger charge is 2.31. The van der Waals surface area contributed by atoms with E-state index in [1.54, 1.807) is 30.0 Å². The van der Waals surface area contributed by atoms with Crippen molar-refractivity contribution in [2.24, 2.45) is 0 Å². The predicted octanol–water partition coefficient (Wildman–Crippen LogP) is 3.17. The Morgan fingerprint density at radius 2 is 1.83 bits per heavy atom. The number of aryl methyl sites for hydroxylation is 1. The number of carbonyl (C=O) groups excluding carboxylic acids is 1. The van der Waals surface area contributed by atoms with Crippen LogP contribution < -0.4 is 9.64 Å². The molecule has 7 heteroatoms. The quantitative estimate of drug-likeness (QED) is 0.734. The summed E-state index contributed by atoms with van der Waals surface area (Å²) in [6, 6.07) is 11.1. The van der Waals surface area contributed by atoms with Gasteiger partial charge in [-0.3, -0.25) is 4.79 Å². The number of sulfonamides is 1. The van der Waals surface area contributed by atoms with Crippen molar-refractivity contribution < 1.29 is 17.9 Å². The number of benzene rings is 2. The maximum atomic E-state index is 13.1. The van der Waals surface area contributed by atoms with Gasteiger partial charge >= 0.3 is 0 Å². The fraction of sp³-hybridized carbons (Fsp3) is 0.435. The Morgan fingerprint density at radius 3 is 2.60 bits per heavy atom. The molecular formula is C23H28N2O4S. The summed E-state index contributed by atoms with van der Waals surface area (Å²) in [5, 5.41) is 0. The van der Waals surface area contributed by atoms with Crippen molar-refractivity contribution >= 4 is 21.6 Å². The van der Waals surface area contributed by atoms with E-state index in [-0.39, 0.29) is 10.8 Å². The maximum absolute atomic E-state index is 13.1. The van der Waals surface area contributed by atoms with Crippen molar-refractivity contribution in [3.63, 3.8) is 0 Å². The molecule has 2 aromatic rings. The molecule has 0 radical (unpaired) electrons. The van der Waals surface area contributed by atoms with Gasteiger partial charge in [-0.15, -0.1) is 0 Å². The maximum Gasteiger partial charge on any atom is 0.267 e. The Bertz CT molecular complexity index is 1080. The molecule has 1 aliphatic carbocycles. The Labute approximate surface area is 178 Å². The monoisotopic (exact) mass is 428 g/mol. The van der Waals surface area contributed by atoms with E-state index in [4.69, 9.17) is 4.74 Å². The van der Waals surface area contributed by atoms with Crippen molar-refractivity contribution in [2.75, 3.05) is 25.5 Å². The van der Waals surface area contributed by atoms with E-state index in [1.165, 1.54) is 35.9 Å². The predicted molar refractivity (Wildman–Crippen MR) is 117 cm³/mol. The van der Waals surface area contributed by atoms with Gasteiger partial charge < -0.3 is 9.64 Å². The van der Waals surface area contributed by atoms with E-state index in [0.29, 0.717) is 13.0 Å². The highest BCUT2D eigenvalue weighted by Crippen LogP contribution is 2.33. The minimum atomic E-state index is -3.50. The number of hydrogen-bond acceptors (Lipinski definition) is 4. The molecule has 0 bridgehead atoms. The summed E-state index contributed by atoms with van der Waals surface area (Å²) in [5.41, 5.74) is 4.18. The number of ether oxygens (including phenoxy) is 1. The second kappa shape index (κ2) is 8.04. The molecule has 160 valence electrons. The standard InChI is InChI=1S/C23H28N2O4S/c1-16(29-22-10-6-8-17-7-4-5-9-20(17)22)23(26)25-14-13-18-15-19(11-12-21(18)25)30(27,28)24(2)3/h6,8,10-12,15-16H,4-5,7,9,13-14H2,1-3H3/t16-/m1/s1. The van der Waals surface area contributed by atoms with Gasteiger partial charge in [-0.2, -0.15) is 0 Å². The summed E-state index contributed by atoms with van der Waals surface area (Å²) in [7, 11) is -0.470. The highest BCUT2D eigenvalue weighted by atomic mass is 32.2. The number of nitrogens with zero attached hydrogens (tertiary/aromatic N) is 2. The molecule has 2 aromatic carbocycles. The normalized spacial score (nSPS) is 16.9. The fourth-order valence-corrected chi connectivity index (χ4v) is 5.25. The van der Waals surface area contributed by atoms with Crippen molar-refractivity contribution in [1.82, 2.24) is 4.31 Å². The lowest BCUT2D eigenvalue weighted by Gasteiger charge is -2.25. The second-order valence-electron chi connectivity index (χ2n) is 8.18. The van der Waals surface area contributed by atoms with Gasteiger partial charge in [-0.1, -0.05) is 12.1 Å². The fourth-order valence-electron chi connectivity index (χ4n) is 4.30. The van der Waals surface area contributed by atoms with Crippen LogP contribution in [0.5, 0.6) is 5.75 Å². The summed E-state index contributed by atoms with van der Waals surface area (Å²) in [6.07, 6.45) is 4.41. The van der Waals surface area contributed by atoms with Crippen LogP contribution in [0, 0.1) is 0 Å². The molecule has 0 unspecified atom stereocenters. The highest BCUT2D eigenvalue weighted by molar-refractivity contribution is 7.89. The summed E-state index contributed by atoms with van der Waals surface area (Å²) < 4.78 is 32.1. The van der Waals surface area contributed by atoms with E-state index >= 15 is 0 Å². The van der Waals surface area contributed by atoms with E-state index in [9.17, 15) is 13.2 Å².